The van der Waals surface area contributed by atoms with Crippen molar-refractivity contribution in [2.75, 3.05) is 24.5 Å². The molecule has 0 spiro atoms. The number of aromatic amines is 1. The Kier molecular flexibility index (Phi) is 3.06. The molecule has 5 nitrogen and oxygen atoms in total. The number of aromatic nitrogens is 2. The van der Waals surface area contributed by atoms with Gasteiger partial charge in [-0.25, -0.2) is 4.98 Å². The molecular formula is C9H13BrN4O. The number of H-pyrrole nitrogens is 1. The molecule has 1 fully saturated rings. The smallest absolute Gasteiger partial charge is 0.267 e. The molecule has 1 aliphatic rings. The fourth-order valence-electron chi connectivity index (χ4n) is 1.73. The number of piperazine rings is 1. The third kappa shape index (κ3) is 2.05. The molecule has 0 saturated carbocycles. The Balaban J connectivity index is 2.35. The third-order valence-corrected chi connectivity index (χ3v) is 3.27. The Morgan fingerprint density at radius 3 is 3.20 bits per heavy atom. The summed E-state index contributed by atoms with van der Waals surface area (Å²) in [6.45, 7) is 4.82. The number of nitrogens with one attached hydrogen (secondary N) is 2. The molecule has 82 valence electrons. The summed E-state index contributed by atoms with van der Waals surface area (Å²) in [6, 6.07) is 0.351. The molecule has 1 saturated heterocycles. The summed E-state index contributed by atoms with van der Waals surface area (Å²) in [4.78, 5) is 20.3. The average Bonchev–Trinajstić information content (AvgIpc) is 2.23. The van der Waals surface area contributed by atoms with E-state index in [2.05, 4.69) is 43.0 Å². The van der Waals surface area contributed by atoms with Gasteiger partial charge in [0, 0.05) is 25.7 Å². The van der Waals surface area contributed by atoms with Crippen LogP contribution in [0.25, 0.3) is 0 Å². The van der Waals surface area contributed by atoms with Gasteiger partial charge in [-0.15, -0.1) is 0 Å². The molecule has 1 atom stereocenters. The van der Waals surface area contributed by atoms with Crippen LogP contribution in [-0.2, 0) is 0 Å². The predicted octanol–water partition coefficient (Wildman–Crippen LogP) is 0.330. The van der Waals surface area contributed by atoms with Gasteiger partial charge < -0.3 is 15.2 Å². The average molecular weight is 273 g/mol. The molecular weight excluding hydrogens is 260 g/mol. The van der Waals surface area contributed by atoms with Gasteiger partial charge in [0.15, 0.2) is 5.82 Å². The lowest BCUT2D eigenvalue weighted by atomic mass is 10.2. The highest BCUT2D eigenvalue weighted by Gasteiger charge is 2.22. The molecule has 1 aliphatic heterocycles. The minimum atomic E-state index is -0.134. The molecule has 1 aromatic heterocycles. The van der Waals surface area contributed by atoms with Gasteiger partial charge in [0.1, 0.15) is 4.47 Å². The first kappa shape index (κ1) is 10.6. The molecule has 1 aromatic rings. The van der Waals surface area contributed by atoms with Crippen molar-refractivity contribution in [1.82, 2.24) is 15.3 Å². The van der Waals surface area contributed by atoms with Crippen molar-refractivity contribution in [2.45, 2.75) is 13.0 Å². The van der Waals surface area contributed by atoms with E-state index in [1.54, 1.807) is 0 Å². The van der Waals surface area contributed by atoms with E-state index < -0.39 is 0 Å². The maximum atomic E-state index is 11.4. The topological polar surface area (TPSA) is 61.0 Å². The van der Waals surface area contributed by atoms with Crippen molar-refractivity contribution >= 4 is 21.7 Å². The summed E-state index contributed by atoms with van der Waals surface area (Å²) in [7, 11) is 0. The summed E-state index contributed by atoms with van der Waals surface area (Å²) in [5.74, 6) is 0.729. The first-order chi connectivity index (χ1) is 7.20. The van der Waals surface area contributed by atoms with Gasteiger partial charge in [0.05, 0.1) is 6.33 Å². The molecule has 2 N–H and O–H groups in total. The summed E-state index contributed by atoms with van der Waals surface area (Å²) in [5.41, 5.74) is -0.134. The Bertz CT molecular complexity index is 405. The molecule has 1 unspecified atom stereocenters. The molecule has 0 amide bonds. The second-order valence-electron chi connectivity index (χ2n) is 3.62. The molecule has 15 heavy (non-hydrogen) atoms. The Morgan fingerprint density at radius 2 is 2.47 bits per heavy atom. The van der Waals surface area contributed by atoms with Gasteiger partial charge >= 0.3 is 0 Å². The van der Waals surface area contributed by atoms with E-state index in [9.17, 15) is 4.79 Å². The van der Waals surface area contributed by atoms with Crippen molar-refractivity contribution in [1.29, 1.82) is 0 Å². The number of anilines is 1. The lowest BCUT2D eigenvalue weighted by molar-refractivity contribution is 0.496. The minimum Gasteiger partial charge on any atom is -0.350 e. The quantitative estimate of drug-likeness (QED) is 0.774. The molecule has 0 radical (unpaired) electrons. The highest BCUT2D eigenvalue weighted by Crippen LogP contribution is 2.21. The van der Waals surface area contributed by atoms with Crippen LogP contribution in [-0.4, -0.2) is 35.6 Å². The number of hydrogen-bond acceptors (Lipinski definition) is 4. The van der Waals surface area contributed by atoms with Crippen LogP contribution in [0, 0.1) is 0 Å². The van der Waals surface area contributed by atoms with E-state index in [4.69, 9.17) is 0 Å². The number of hydrogen-bond donors (Lipinski definition) is 2. The van der Waals surface area contributed by atoms with E-state index in [1.807, 2.05) is 0 Å². The molecule has 2 rings (SSSR count). The van der Waals surface area contributed by atoms with Crippen LogP contribution in [0.15, 0.2) is 15.6 Å². The maximum Gasteiger partial charge on any atom is 0.267 e. The second kappa shape index (κ2) is 4.32. The predicted molar refractivity (Wildman–Crippen MR) is 62.2 cm³/mol. The minimum absolute atomic E-state index is 0.134. The van der Waals surface area contributed by atoms with Gasteiger partial charge in [-0.3, -0.25) is 4.79 Å². The third-order valence-electron chi connectivity index (χ3n) is 2.55. The van der Waals surface area contributed by atoms with Gasteiger partial charge in [0.25, 0.3) is 5.56 Å². The summed E-state index contributed by atoms with van der Waals surface area (Å²) < 4.78 is 0.513. The number of halogens is 1. The van der Waals surface area contributed by atoms with Crippen LogP contribution < -0.4 is 15.8 Å². The van der Waals surface area contributed by atoms with Crippen LogP contribution in [0.4, 0.5) is 5.82 Å². The van der Waals surface area contributed by atoms with Crippen molar-refractivity contribution in [2.24, 2.45) is 0 Å². The SMILES string of the molecule is CC1CNCCN1c1nc[nH]c(=O)c1Br. The van der Waals surface area contributed by atoms with Crippen LogP contribution in [0.5, 0.6) is 0 Å². The molecule has 0 bridgehead atoms. The standard InChI is InChI=1S/C9H13BrN4O/c1-6-4-11-2-3-14(6)8-7(10)9(15)13-5-12-8/h5-6,11H,2-4H2,1H3,(H,12,13,15). The van der Waals surface area contributed by atoms with Crippen LogP contribution in [0.2, 0.25) is 0 Å². The Labute approximate surface area is 96.0 Å². The van der Waals surface area contributed by atoms with E-state index >= 15 is 0 Å². The normalized spacial score (nSPS) is 21.7. The first-order valence-electron chi connectivity index (χ1n) is 4.90. The zero-order chi connectivity index (χ0) is 10.8. The van der Waals surface area contributed by atoms with Crippen LogP contribution in [0.3, 0.4) is 0 Å². The van der Waals surface area contributed by atoms with Gasteiger partial charge in [0.2, 0.25) is 0 Å². The monoisotopic (exact) mass is 272 g/mol. The summed E-state index contributed by atoms with van der Waals surface area (Å²) in [5, 5.41) is 3.30. The molecule has 6 heteroatoms. The van der Waals surface area contributed by atoms with E-state index in [1.165, 1.54) is 6.33 Å². The lowest BCUT2D eigenvalue weighted by Gasteiger charge is -2.35. The Morgan fingerprint density at radius 1 is 1.67 bits per heavy atom. The van der Waals surface area contributed by atoms with Crippen molar-refractivity contribution in [3.8, 4) is 0 Å². The fourth-order valence-corrected chi connectivity index (χ4v) is 2.17. The van der Waals surface area contributed by atoms with Crippen LogP contribution in [0.1, 0.15) is 6.92 Å². The highest BCUT2D eigenvalue weighted by molar-refractivity contribution is 9.10. The Hall–Kier alpha value is -0.880. The van der Waals surface area contributed by atoms with Crippen molar-refractivity contribution in [3.63, 3.8) is 0 Å². The zero-order valence-electron chi connectivity index (χ0n) is 8.46. The van der Waals surface area contributed by atoms with Gasteiger partial charge in [-0.1, -0.05) is 0 Å². The lowest BCUT2D eigenvalue weighted by Crippen LogP contribution is -2.50. The van der Waals surface area contributed by atoms with Gasteiger partial charge in [-0.05, 0) is 22.9 Å². The number of rotatable bonds is 1. The molecule has 0 aromatic carbocycles. The molecule has 0 aliphatic carbocycles. The largest absolute Gasteiger partial charge is 0.350 e. The van der Waals surface area contributed by atoms with Crippen molar-refractivity contribution < 1.29 is 0 Å². The van der Waals surface area contributed by atoms with Gasteiger partial charge in [-0.2, -0.15) is 0 Å². The summed E-state index contributed by atoms with van der Waals surface area (Å²) in [6.07, 6.45) is 1.44. The highest BCUT2D eigenvalue weighted by atomic mass is 79.9. The molecule has 2 heterocycles. The maximum absolute atomic E-state index is 11.4. The van der Waals surface area contributed by atoms with E-state index in [-0.39, 0.29) is 5.56 Å². The summed E-state index contributed by atoms with van der Waals surface area (Å²) >= 11 is 3.27. The van der Waals surface area contributed by atoms with Crippen LogP contribution >= 0.6 is 15.9 Å². The first-order valence-corrected chi connectivity index (χ1v) is 5.70. The zero-order valence-corrected chi connectivity index (χ0v) is 10.0. The van der Waals surface area contributed by atoms with E-state index in [0.717, 1.165) is 25.5 Å². The fraction of sp³-hybridized carbons (Fsp3) is 0.556. The number of nitrogens with zero attached hydrogens (tertiary/aromatic N) is 2. The van der Waals surface area contributed by atoms with E-state index in [0.29, 0.717) is 10.5 Å². The second-order valence-corrected chi connectivity index (χ2v) is 4.41. The van der Waals surface area contributed by atoms with Crippen molar-refractivity contribution in [3.05, 3.63) is 21.2 Å².